The number of carboxylic acids is 1. The van der Waals surface area contributed by atoms with Gasteiger partial charge in [-0.25, -0.2) is 0 Å². The topological polar surface area (TPSA) is 86.7 Å². The van der Waals surface area contributed by atoms with Crippen molar-refractivity contribution in [2.24, 2.45) is 0 Å². The molecule has 6 nitrogen and oxygen atoms in total. The minimum absolute atomic E-state index is 0.127. The maximum Gasteiger partial charge on any atom is 0.325 e. The highest BCUT2D eigenvalue weighted by Crippen LogP contribution is 2.31. The smallest absolute Gasteiger partial charge is 0.325 e. The first kappa shape index (κ1) is 20.9. The van der Waals surface area contributed by atoms with Gasteiger partial charge in [-0.2, -0.15) is 0 Å². The monoisotopic (exact) mass is 404 g/mol. The standard InChI is InChI=1S/C19H20N2O4S2/c1-13(18(24)25)20-16(22)11-6-12-21-17(23)15(27-19(21)26)10-5-9-14-7-3-2-4-8-14/h2-5,7-10,13H,6,11-12H2,1H3,(H,20,22)(H,24,25)/b9-5+,15-10-. The van der Waals surface area contributed by atoms with Crippen molar-refractivity contribution >= 4 is 52.2 Å². The van der Waals surface area contributed by atoms with Gasteiger partial charge in [0, 0.05) is 13.0 Å². The Morgan fingerprint density at radius 3 is 2.70 bits per heavy atom. The maximum absolute atomic E-state index is 12.4. The Kier molecular flexibility index (Phi) is 7.75. The van der Waals surface area contributed by atoms with E-state index >= 15 is 0 Å². The Labute approximate surface area is 167 Å². The van der Waals surface area contributed by atoms with Gasteiger partial charge >= 0.3 is 5.97 Å². The minimum Gasteiger partial charge on any atom is -0.480 e. The number of nitrogens with one attached hydrogen (secondary N) is 1. The third-order valence-electron chi connectivity index (χ3n) is 3.74. The Bertz CT molecular complexity index is 790. The predicted octanol–water partition coefficient (Wildman–Crippen LogP) is 2.81. The van der Waals surface area contributed by atoms with E-state index in [0.29, 0.717) is 22.2 Å². The summed E-state index contributed by atoms with van der Waals surface area (Å²) in [7, 11) is 0. The number of thiocarbonyl (C=S) groups is 1. The van der Waals surface area contributed by atoms with Crippen molar-refractivity contribution in [2.75, 3.05) is 6.54 Å². The molecule has 27 heavy (non-hydrogen) atoms. The molecular weight excluding hydrogens is 384 g/mol. The Balaban J connectivity index is 1.85. The van der Waals surface area contributed by atoms with E-state index in [2.05, 4.69) is 5.32 Å². The lowest BCUT2D eigenvalue weighted by atomic mass is 10.2. The summed E-state index contributed by atoms with van der Waals surface area (Å²) in [4.78, 5) is 36.9. The molecule has 1 heterocycles. The van der Waals surface area contributed by atoms with Crippen molar-refractivity contribution in [3.63, 3.8) is 0 Å². The van der Waals surface area contributed by atoms with E-state index < -0.39 is 12.0 Å². The van der Waals surface area contributed by atoms with Gasteiger partial charge in [-0.1, -0.05) is 66.5 Å². The molecule has 1 saturated heterocycles. The largest absolute Gasteiger partial charge is 0.480 e. The molecule has 0 saturated carbocycles. The molecule has 1 unspecified atom stereocenters. The fourth-order valence-electron chi connectivity index (χ4n) is 2.29. The molecule has 1 atom stereocenters. The van der Waals surface area contributed by atoms with E-state index in [1.807, 2.05) is 42.5 Å². The number of amides is 2. The zero-order valence-corrected chi connectivity index (χ0v) is 16.4. The van der Waals surface area contributed by atoms with Crippen molar-refractivity contribution < 1.29 is 19.5 Å². The quantitative estimate of drug-likeness (QED) is 0.512. The molecule has 1 aliphatic heterocycles. The zero-order chi connectivity index (χ0) is 19.8. The predicted molar refractivity (Wildman–Crippen MR) is 110 cm³/mol. The van der Waals surface area contributed by atoms with Crippen molar-refractivity contribution in [3.8, 4) is 0 Å². The molecule has 142 valence electrons. The van der Waals surface area contributed by atoms with Gasteiger partial charge in [0.15, 0.2) is 0 Å². The molecule has 1 aromatic carbocycles. The van der Waals surface area contributed by atoms with Crippen LogP contribution >= 0.6 is 24.0 Å². The number of thioether (sulfide) groups is 1. The summed E-state index contributed by atoms with van der Waals surface area (Å²) in [6.07, 6.45) is 5.97. The number of allylic oxidation sites excluding steroid dienone is 2. The van der Waals surface area contributed by atoms with Crippen molar-refractivity contribution in [1.82, 2.24) is 10.2 Å². The molecule has 0 aromatic heterocycles. The van der Waals surface area contributed by atoms with Crippen LogP contribution in [0.1, 0.15) is 25.3 Å². The third kappa shape index (κ3) is 6.33. The molecule has 0 spiro atoms. The first-order valence-electron chi connectivity index (χ1n) is 8.37. The third-order valence-corrected chi connectivity index (χ3v) is 5.14. The highest BCUT2D eigenvalue weighted by molar-refractivity contribution is 8.26. The number of hydrogen-bond donors (Lipinski definition) is 2. The summed E-state index contributed by atoms with van der Waals surface area (Å²) in [6.45, 7) is 1.72. The number of carboxylic acid groups (broad SMARTS) is 1. The van der Waals surface area contributed by atoms with E-state index in [1.165, 1.54) is 23.6 Å². The van der Waals surface area contributed by atoms with Crippen LogP contribution in [-0.4, -0.2) is 44.7 Å². The second kappa shape index (κ2) is 10.0. The van der Waals surface area contributed by atoms with Gasteiger partial charge in [0.2, 0.25) is 5.91 Å². The average Bonchev–Trinajstić information content (AvgIpc) is 2.90. The number of carbonyl (C=O) groups excluding carboxylic acids is 2. The van der Waals surface area contributed by atoms with E-state index in [9.17, 15) is 14.4 Å². The van der Waals surface area contributed by atoms with E-state index in [4.69, 9.17) is 17.3 Å². The van der Waals surface area contributed by atoms with Gasteiger partial charge in [-0.15, -0.1) is 0 Å². The van der Waals surface area contributed by atoms with Crippen LogP contribution in [0.3, 0.4) is 0 Å². The van der Waals surface area contributed by atoms with Gasteiger partial charge in [-0.05, 0) is 25.0 Å². The van der Waals surface area contributed by atoms with Crippen LogP contribution in [0.25, 0.3) is 6.08 Å². The van der Waals surface area contributed by atoms with Crippen molar-refractivity contribution in [1.29, 1.82) is 0 Å². The molecule has 2 amide bonds. The summed E-state index contributed by atoms with van der Waals surface area (Å²) in [5, 5.41) is 11.2. The van der Waals surface area contributed by atoms with Crippen LogP contribution in [0, 0.1) is 0 Å². The van der Waals surface area contributed by atoms with Crippen LogP contribution in [0.4, 0.5) is 0 Å². The number of nitrogens with zero attached hydrogens (tertiary/aromatic N) is 1. The fourth-order valence-corrected chi connectivity index (χ4v) is 3.55. The first-order valence-corrected chi connectivity index (χ1v) is 9.60. The molecule has 1 aromatic rings. The molecule has 0 bridgehead atoms. The van der Waals surface area contributed by atoms with Crippen molar-refractivity contribution in [2.45, 2.75) is 25.8 Å². The summed E-state index contributed by atoms with van der Waals surface area (Å²) >= 11 is 6.48. The first-order chi connectivity index (χ1) is 12.9. The molecule has 1 fully saturated rings. The highest BCUT2D eigenvalue weighted by atomic mass is 32.2. The lowest BCUT2D eigenvalue weighted by Gasteiger charge is -2.14. The van der Waals surface area contributed by atoms with Gasteiger partial charge in [0.25, 0.3) is 5.91 Å². The molecule has 8 heteroatoms. The van der Waals surface area contributed by atoms with E-state index in [-0.39, 0.29) is 18.2 Å². The zero-order valence-electron chi connectivity index (χ0n) is 14.8. The second-order valence-corrected chi connectivity index (χ2v) is 7.53. The van der Waals surface area contributed by atoms with Crippen LogP contribution in [-0.2, 0) is 14.4 Å². The normalized spacial score (nSPS) is 16.9. The number of rotatable bonds is 8. The molecular formula is C19H20N2O4S2. The van der Waals surface area contributed by atoms with Gasteiger partial charge < -0.3 is 10.4 Å². The fraction of sp³-hybridized carbons (Fsp3) is 0.263. The number of aliphatic carboxylic acids is 1. The van der Waals surface area contributed by atoms with Gasteiger partial charge in [0.05, 0.1) is 4.91 Å². The van der Waals surface area contributed by atoms with Crippen molar-refractivity contribution in [3.05, 3.63) is 53.0 Å². The number of carbonyl (C=O) groups is 3. The van der Waals surface area contributed by atoms with Gasteiger partial charge in [-0.3, -0.25) is 19.3 Å². The Morgan fingerprint density at radius 2 is 2.04 bits per heavy atom. The summed E-state index contributed by atoms with van der Waals surface area (Å²) in [5.74, 6) is -1.63. The van der Waals surface area contributed by atoms with Crippen LogP contribution in [0.2, 0.25) is 0 Å². The SMILES string of the molecule is CC(NC(=O)CCCN1C(=O)/C(=C/C=C/c2ccccc2)SC1=S)C(=O)O. The number of hydrogen-bond acceptors (Lipinski definition) is 5. The van der Waals surface area contributed by atoms with Crippen LogP contribution < -0.4 is 5.32 Å². The molecule has 0 aliphatic carbocycles. The molecule has 2 rings (SSSR count). The molecule has 2 N–H and O–H groups in total. The van der Waals surface area contributed by atoms with E-state index in [1.54, 1.807) is 6.08 Å². The minimum atomic E-state index is -1.09. The second-order valence-electron chi connectivity index (χ2n) is 5.86. The van der Waals surface area contributed by atoms with Crippen LogP contribution in [0.5, 0.6) is 0 Å². The molecule has 1 aliphatic rings. The van der Waals surface area contributed by atoms with Gasteiger partial charge in [0.1, 0.15) is 10.4 Å². The summed E-state index contributed by atoms with van der Waals surface area (Å²) in [5.41, 5.74) is 1.03. The molecule has 0 radical (unpaired) electrons. The lowest BCUT2D eigenvalue weighted by Crippen LogP contribution is -2.38. The maximum atomic E-state index is 12.4. The Morgan fingerprint density at radius 1 is 1.33 bits per heavy atom. The van der Waals surface area contributed by atoms with E-state index in [0.717, 1.165) is 5.56 Å². The lowest BCUT2D eigenvalue weighted by molar-refractivity contribution is -0.141. The summed E-state index contributed by atoms with van der Waals surface area (Å²) < 4.78 is 0.457. The van der Waals surface area contributed by atoms with Crippen LogP contribution in [0.15, 0.2) is 47.4 Å². The summed E-state index contributed by atoms with van der Waals surface area (Å²) in [6, 6.07) is 8.80. The average molecular weight is 405 g/mol. The Hall–Kier alpha value is -2.45. The highest BCUT2D eigenvalue weighted by Gasteiger charge is 2.31. The number of benzene rings is 1.